The van der Waals surface area contributed by atoms with Crippen LogP contribution in [-0.2, 0) is 4.79 Å². The Morgan fingerprint density at radius 3 is 2.72 bits per heavy atom. The summed E-state index contributed by atoms with van der Waals surface area (Å²) >= 11 is 5.94. The quantitative estimate of drug-likeness (QED) is 0.816. The van der Waals surface area contributed by atoms with E-state index >= 15 is 0 Å². The maximum absolute atomic E-state index is 11.9. The van der Waals surface area contributed by atoms with Crippen LogP contribution in [0.5, 0.6) is 0 Å². The van der Waals surface area contributed by atoms with Gasteiger partial charge in [0.1, 0.15) is 0 Å². The molecule has 3 heteroatoms. The van der Waals surface area contributed by atoms with E-state index in [-0.39, 0.29) is 11.9 Å². The number of amides is 1. The van der Waals surface area contributed by atoms with E-state index in [0.29, 0.717) is 17.4 Å². The molecule has 1 rings (SSSR count). The summed E-state index contributed by atoms with van der Waals surface area (Å²) < 4.78 is 0. The summed E-state index contributed by atoms with van der Waals surface area (Å²) in [6, 6.07) is 7.61. The summed E-state index contributed by atoms with van der Waals surface area (Å²) in [4.78, 5) is 11.9. The van der Waals surface area contributed by atoms with Crippen molar-refractivity contribution >= 4 is 17.5 Å². The Morgan fingerprint density at radius 1 is 1.39 bits per heavy atom. The molecule has 0 saturated heterocycles. The molecule has 0 radical (unpaired) electrons. The van der Waals surface area contributed by atoms with E-state index in [0.717, 1.165) is 18.4 Å². The fourth-order valence-electron chi connectivity index (χ4n) is 2.07. The maximum atomic E-state index is 11.9. The first-order valence-corrected chi connectivity index (χ1v) is 6.95. The number of carbonyl (C=O) groups is 1. The summed E-state index contributed by atoms with van der Waals surface area (Å²) in [7, 11) is 0. The molecule has 18 heavy (non-hydrogen) atoms. The van der Waals surface area contributed by atoms with Crippen LogP contribution in [0.15, 0.2) is 24.3 Å². The molecule has 0 aromatic heterocycles. The summed E-state index contributed by atoms with van der Waals surface area (Å²) in [5, 5.41) is 3.72. The maximum Gasteiger partial charge on any atom is 0.220 e. The highest BCUT2D eigenvalue weighted by Crippen LogP contribution is 2.18. The van der Waals surface area contributed by atoms with Crippen LogP contribution >= 0.6 is 11.6 Å². The van der Waals surface area contributed by atoms with Crippen molar-refractivity contribution in [2.24, 2.45) is 5.92 Å². The number of nitrogens with one attached hydrogen (secondary N) is 1. The van der Waals surface area contributed by atoms with Crippen molar-refractivity contribution in [3.63, 3.8) is 0 Å². The molecule has 0 heterocycles. The van der Waals surface area contributed by atoms with Crippen LogP contribution in [-0.4, -0.2) is 5.91 Å². The van der Waals surface area contributed by atoms with Gasteiger partial charge in [-0.1, -0.05) is 50.4 Å². The van der Waals surface area contributed by atoms with E-state index in [1.165, 1.54) is 0 Å². The molecule has 1 aromatic rings. The molecule has 0 aliphatic heterocycles. The number of carbonyl (C=O) groups excluding carboxylic acids is 1. The molecule has 0 fully saturated rings. The second kappa shape index (κ2) is 7.42. The highest BCUT2D eigenvalue weighted by atomic mass is 35.5. The van der Waals surface area contributed by atoms with Crippen LogP contribution in [0.3, 0.4) is 0 Å². The van der Waals surface area contributed by atoms with Gasteiger partial charge in [-0.25, -0.2) is 0 Å². The van der Waals surface area contributed by atoms with Crippen LogP contribution < -0.4 is 5.32 Å². The number of hydrogen-bond donors (Lipinski definition) is 1. The van der Waals surface area contributed by atoms with Gasteiger partial charge in [0, 0.05) is 11.4 Å². The third-order valence-corrected chi connectivity index (χ3v) is 3.28. The van der Waals surface area contributed by atoms with Crippen molar-refractivity contribution in [1.29, 1.82) is 0 Å². The van der Waals surface area contributed by atoms with Crippen LogP contribution in [0.25, 0.3) is 0 Å². The lowest BCUT2D eigenvalue weighted by molar-refractivity contribution is -0.122. The van der Waals surface area contributed by atoms with Crippen molar-refractivity contribution < 1.29 is 4.79 Å². The zero-order chi connectivity index (χ0) is 13.5. The van der Waals surface area contributed by atoms with Crippen LogP contribution in [0.2, 0.25) is 5.02 Å². The van der Waals surface area contributed by atoms with E-state index in [1.54, 1.807) is 0 Å². The molecule has 0 spiro atoms. The molecule has 0 bridgehead atoms. The summed E-state index contributed by atoms with van der Waals surface area (Å²) in [5.74, 6) is 0.560. The van der Waals surface area contributed by atoms with Gasteiger partial charge in [-0.2, -0.15) is 0 Å². The van der Waals surface area contributed by atoms with Crippen LogP contribution in [0.4, 0.5) is 0 Å². The lowest BCUT2D eigenvalue weighted by Gasteiger charge is -2.16. The predicted octanol–water partition coefficient (Wildman–Crippen LogP) is 4.34. The zero-order valence-electron chi connectivity index (χ0n) is 11.4. The van der Waals surface area contributed by atoms with Crippen molar-refractivity contribution in [1.82, 2.24) is 5.32 Å². The highest BCUT2D eigenvalue weighted by molar-refractivity contribution is 6.30. The Bertz CT molecular complexity index is 392. The highest BCUT2D eigenvalue weighted by Gasteiger charge is 2.12. The molecule has 1 N–H and O–H groups in total. The first kappa shape index (κ1) is 15.0. The minimum atomic E-state index is 0.00465. The third kappa shape index (κ3) is 5.09. The lowest BCUT2D eigenvalue weighted by atomic mass is 10.0. The smallest absolute Gasteiger partial charge is 0.220 e. The number of benzene rings is 1. The minimum Gasteiger partial charge on any atom is -0.350 e. The summed E-state index contributed by atoms with van der Waals surface area (Å²) in [6.45, 7) is 6.24. The van der Waals surface area contributed by atoms with Gasteiger partial charge < -0.3 is 5.32 Å². The molecular formula is C15H22ClNO. The number of rotatable bonds is 6. The van der Waals surface area contributed by atoms with Crippen LogP contribution in [0.1, 0.15) is 51.6 Å². The predicted molar refractivity (Wildman–Crippen MR) is 76.7 cm³/mol. The first-order chi connectivity index (χ1) is 8.52. The molecule has 100 valence electrons. The Morgan fingerprint density at radius 2 is 2.11 bits per heavy atom. The van der Waals surface area contributed by atoms with Crippen molar-refractivity contribution in [3.8, 4) is 0 Å². The van der Waals surface area contributed by atoms with Gasteiger partial charge >= 0.3 is 0 Å². The van der Waals surface area contributed by atoms with Crippen molar-refractivity contribution in [2.45, 2.75) is 46.1 Å². The Balaban J connectivity index is 2.49. The fourth-order valence-corrected chi connectivity index (χ4v) is 2.27. The van der Waals surface area contributed by atoms with E-state index in [4.69, 9.17) is 11.6 Å². The standard InChI is InChI=1S/C15H22ClNO/c1-4-6-11(2)9-15(18)17-12(3)13-7-5-8-14(16)10-13/h5,7-8,10-12H,4,6,9H2,1-3H3,(H,17,18). The van der Waals surface area contributed by atoms with Gasteiger partial charge in [0.05, 0.1) is 6.04 Å². The molecule has 1 amide bonds. The Hall–Kier alpha value is -1.02. The van der Waals surface area contributed by atoms with Crippen LogP contribution in [0, 0.1) is 5.92 Å². The SMILES string of the molecule is CCCC(C)CC(=O)NC(C)c1cccc(Cl)c1. The van der Waals surface area contributed by atoms with Gasteiger partial charge in [-0.3, -0.25) is 4.79 Å². The first-order valence-electron chi connectivity index (χ1n) is 6.57. The van der Waals surface area contributed by atoms with Gasteiger partial charge in [0.15, 0.2) is 0 Å². The van der Waals surface area contributed by atoms with Gasteiger partial charge in [0.2, 0.25) is 5.91 Å². The normalized spacial score (nSPS) is 14.0. The molecule has 1 aromatic carbocycles. The molecular weight excluding hydrogens is 246 g/mol. The summed E-state index contributed by atoms with van der Waals surface area (Å²) in [5.41, 5.74) is 1.04. The second-order valence-corrected chi connectivity index (χ2v) is 5.38. The van der Waals surface area contributed by atoms with Crippen molar-refractivity contribution in [2.75, 3.05) is 0 Å². The monoisotopic (exact) mass is 267 g/mol. The molecule has 2 unspecified atom stereocenters. The Kier molecular flexibility index (Phi) is 6.20. The number of hydrogen-bond acceptors (Lipinski definition) is 1. The van der Waals surface area contributed by atoms with E-state index in [2.05, 4.69) is 19.2 Å². The van der Waals surface area contributed by atoms with E-state index < -0.39 is 0 Å². The minimum absolute atomic E-state index is 0.00465. The lowest BCUT2D eigenvalue weighted by Crippen LogP contribution is -2.27. The van der Waals surface area contributed by atoms with Gasteiger partial charge in [0.25, 0.3) is 0 Å². The molecule has 2 nitrogen and oxygen atoms in total. The average molecular weight is 268 g/mol. The fraction of sp³-hybridized carbons (Fsp3) is 0.533. The second-order valence-electron chi connectivity index (χ2n) is 4.94. The van der Waals surface area contributed by atoms with Crippen molar-refractivity contribution in [3.05, 3.63) is 34.9 Å². The number of halogens is 1. The molecule has 0 saturated carbocycles. The largest absolute Gasteiger partial charge is 0.350 e. The molecule has 0 aliphatic rings. The Labute approximate surface area is 115 Å². The van der Waals surface area contributed by atoms with Gasteiger partial charge in [-0.05, 0) is 30.5 Å². The summed E-state index contributed by atoms with van der Waals surface area (Å²) in [6.07, 6.45) is 2.82. The van der Waals surface area contributed by atoms with Gasteiger partial charge in [-0.15, -0.1) is 0 Å². The molecule has 0 aliphatic carbocycles. The van der Waals surface area contributed by atoms with E-state index in [1.807, 2.05) is 31.2 Å². The zero-order valence-corrected chi connectivity index (χ0v) is 12.1. The topological polar surface area (TPSA) is 29.1 Å². The third-order valence-electron chi connectivity index (χ3n) is 3.04. The molecule has 2 atom stereocenters. The van der Waals surface area contributed by atoms with E-state index in [9.17, 15) is 4.79 Å². The average Bonchev–Trinajstić information content (AvgIpc) is 2.28.